The summed E-state index contributed by atoms with van der Waals surface area (Å²) in [4.78, 5) is 15.9. The first-order chi connectivity index (χ1) is 17.4. The molecule has 6 heterocycles. The van der Waals surface area contributed by atoms with Gasteiger partial charge in [-0.25, -0.2) is 19.9 Å². The zero-order chi connectivity index (χ0) is 25.4. The summed E-state index contributed by atoms with van der Waals surface area (Å²) in [6.07, 6.45) is 0.134. The van der Waals surface area contributed by atoms with Crippen LogP contribution in [0.2, 0.25) is 0 Å². The van der Waals surface area contributed by atoms with Crippen LogP contribution in [0.4, 0.5) is 11.6 Å². The van der Waals surface area contributed by atoms with Gasteiger partial charge in [0.1, 0.15) is 42.0 Å². The van der Waals surface area contributed by atoms with Crippen LogP contribution in [-0.2, 0) is 9.47 Å². The smallest absolute Gasteiger partial charge is 0.155 e. The van der Waals surface area contributed by atoms with E-state index in [1.165, 1.54) is 12.7 Å². The lowest BCUT2D eigenvalue weighted by molar-refractivity contribution is -0.0232. The summed E-state index contributed by atoms with van der Waals surface area (Å²) in [6.45, 7) is -0.350. The molecular weight excluding hydrogens is 476 g/mol. The molecule has 2 saturated heterocycles. The quantitative estimate of drug-likeness (QED) is 0.154. The van der Waals surface area contributed by atoms with Crippen LogP contribution in [-0.4, -0.2) is 98.4 Å². The van der Waals surface area contributed by atoms with Gasteiger partial charge in [-0.15, -0.1) is 0 Å². The van der Waals surface area contributed by atoms with Crippen molar-refractivity contribution in [3.8, 4) is 0 Å². The lowest BCUT2D eigenvalue weighted by Gasteiger charge is -2.12. The number of nitrogens with zero attached hydrogens (tertiary/aromatic N) is 6. The highest BCUT2D eigenvalue weighted by molar-refractivity contribution is 5.86. The summed E-state index contributed by atoms with van der Waals surface area (Å²) in [5, 5.41) is 51.4. The largest absolute Gasteiger partial charge is 0.394 e. The van der Waals surface area contributed by atoms with Crippen molar-refractivity contribution in [1.29, 1.82) is 0 Å². The number of nitrogens with one attached hydrogen (secondary N) is 2. The number of nitrogen functional groups attached to an aromatic ring is 2. The van der Waals surface area contributed by atoms with E-state index in [2.05, 4.69) is 40.3 Å². The minimum Gasteiger partial charge on any atom is -0.394 e. The molecule has 2 aliphatic rings. The molecule has 0 saturated carbocycles. The zero-order valence-corrected chi connectivity index (χ0v) is 18.9. The number of aromatic amines is 2. The molecule has 2 fully saturated rings. The molecule has 6 unspecified atom stereocenters. The first-order valence-electron chi connectivity index (χ1n) is 11.2. The summed E-state index contributed by atoms with van der Waals surface area (Å²) in [5.74, 6) is 0.563. The maximum atomic E-state index is 9.93. The van der Waals surface area contributed by atoms with Gasteiger partial charge in [0.25, 0.3) is 0 Å². The topological polar surface area (TPSA) is 260 Å². The lowest BCUT2D eigenvalue weighted by atomic mass is 10.1. The Kier molecular flexibility index (Phi) is 6.61. The lowest BCUT2D eigenvalue weighted by Crippen LogP contribution is -2.24. The van der Waals surface area contributed by atoms with E-state index in [1.54, 1.807) is 0 Å². The molecule has 36 heavy (non-hydrogen) atoms. The van der Waals surface area contributed by atoms with Gasteiger partial charge in [0, 0.05) is 12.8 Å². The van der Waals surface area contributed by atoms with Crippen LogP contribution in [0.3, 0.4) is 0 Å². The van der Waals surface area contributed by atoms with Crippen molar-refractivity contribution in [3.63, 3.8) is 0 Å². The predicted octanol–water partition coefficient (Wildman–Crippen LogP) is -1.76. The molecule has 6 rings (SSSR count). The van der Waals surface area contributed by atoms with Crippen LogP contribution >= 0.6 is 0 Å². The second-order valence-electron chi connectivity index (χ2n) is 8.50. The van der Waals surface area contributed by atoms with Crippen LogP contribution < -0.4 is 11.5 Å². The van der Waals surface area contributed by atoms with E-state index >= 15 is 0 Å². The summed E-state index contributed by atoms with van der Waals surface area (Å²) < 4.78 is 11.1. The van der Waals surface area contributed by atoms with E-state index in [0.717, 1.165) is 0 Å². The molecule has 0 radical (unpaired) electrons. The van der Waals surface area contributed by atoms with Gasteiger partial charge in [-0.1, -0.05) is 0 Å². The van der Waals surface area contributed by atoms with Gasteiger partial charge in [0.15, 0.2) is 22.7 Å². The first-order valence-corrected chi connectivity index (χ1v) is 11.2. The maximum absolute atomic E-state index is 9.93. The van der Waals surface area contributed by atoms with Crippen molar-refractivity contribution < 1.29 is 29.9 Å². The monoisotopic (exact) mass is 502 g/mol. The number of hydrogen-bond acceptors (Lipinski definition) is 14. The third-order valence-electron chi connectivity index (χ3n) is 6.19. The zero-order valence-electron chi connectivity index (χ0n) is 18.9. The highest BCUT2D eigenvalue weighted by Gasteiger charge is 2.38. The van der Waals surface area contributed by atoms with E-state index in [4.69, 9.17) is 31.2 Å². The first kappa shape index (κ1) is 24.2. The third-order valence-corrected chi connectivity index (χ3v) is 6.19. The van der Waals surface area contributed by atoms with Gasteiger partial charge in [-0.05, 0) is 0 Å². The Balaban J connectivity index is 0.000000148. The van der Waals surface area contributed by atoms with Gasteiger partial charge in [0.2, 0.25) is 0 Å². The van der Waals surface area contributed by atoms with E-state index in [1.807, 2.05) is 0 Å². The van der Waals surface area contributed by atoms with Crippen LogP contribution in [0.15, 0.2) is 12.7 Å². The number of fused-ring (bicyclic) bond motifs is 2. The summed E-state index contributed by atoms with van der Waals surface area (Å²) in [7, 11) is 0. The number of aliphatic hydroxyl groups excluding tert-OH is 4. The standard InChI is InChI=1S/2C10H13N5O3/c11-10-9-8(12-3-13-10)7(14-15-9)5-1-4(17)6(2-16)18-5;11-10-8-6(12-3-13-10)7(14-15-8)9-5(17)1-4(2-16)18-9/h3-6,16-17H,1-2H2,(H,14,15)(H2,11,12,13);3-5,9,16-17H,1-2H2,(H,14,15)(H2,11,12,13). The van der Waals surface area contributed by atoms with E-state index < -0.39 is 24.4 Å². The van der Waals surface area contributed by atoms with Crippen molar-refractivity contribution in [3.05, 3.63) is 24.0 Å². The van der Waals surface area contributed by atoms with Crippen LogP contribution in [0.5, 0.6) is 0 Å². The number of hydrogen-bond donors (Lipinski definition) is 8. The molecule has 4 aromatic heterocycles. The molecule has 16 heteroatoms. The van der Waals surface area contributed by atoms with Gasteiger partial charge in [-0.2, -0.15) is 10.2 Å². The Bertz CT molecular complexity index is 1350. The Hall–Kier alpha value is -3.54. The molecule has 10 N–H and O–H groups in total. The molecule has 4 aromatic rings. The second kappa shape index (κ2) is 9.84. The Labute approximate surface area is 202 Å². The summed E-state index contributed by atoms with van der Waals surface area (Å²) in [5.41, 5.74) is 14.6. The second-order valence-corrected chi connectivity index (χ2v) is 8.50. The fourth-order valence-electron chi connectivity index (χ4n) is 4.36. The van der Waals surface area contributed by atoms with Crippen molar-refractivity contribution >= 4 is 33.7 Å². The Morgan fingerprint density at radius 2 is 1.39 bits per heavy atom. The molecule has 0 amide bonds. The fraction of sp³-hybridized carbons (Fsp3) is 0.500. The van der Waals surface area contributed by atoms with Gasteiger partial charge >= 0.3 is 0 Å². The van der Waals surface area contributed by atoms with Gasteiger partial charge < -0.3 is 41.4 Å². The van der Waals surface area contributed by atoms with E-state index in [9.17, 15) is 10.2 Å². The van der Waals surface area contributed by atoms with Crippen molar-refractivity contribution in [2.45, 2.75) is 49.5 Å². The number of H-pyrrole nitrogens is 2. The van der Waals surface area contributed by atoms with Gasteiger partial charge in [-0.3, -0.25) is 10.2 Å². The number of nitrogens with two attached hydrogens (primary N) is 2. The average Bonchev–Trinajstić information content (AvgIpc) is 3.64. The molecule has 0 aromatic carbocycles. The van der Waals surface area contributed by atoms with E-state index in [-0.39, 0.29) is 31.2 Å². The minimum atomic E-state index is -0.706. The van der Waals surface area contributed by atoms with E-state index in [0.29, 0.717) is 52.1 Å². The highest BCUT2D eigenvalue weighted by Crippen LogP contribution is 2.36. The molecule has 2 aliphatic heterocycles. The Morgan fingerprint density at radius 1 is 0.778 bits per heavy atom. The molecular formula is C20H26N10O6. The summed E-state index contributed by atoms with van der Waals surface area (Å²) >= 11 is 0. The molecule has 0 aliphatic carbocycles. The normalized spacial score (nSPS) is 28.0. The molecule has 16 nitrogen and oxygen atoms in total. The van der Waals surface area contributed by atoms with Gasteiger partial charge in [0.05, 0.1) is 42.9 Å². The van der Waals surface area contributed by atoms with Crippen molar-refractivity contribution in [2.75, 3.05) is 24.7 Å². The number of aromatic nitrogens is 8. The Morgan fingerprint density at radius 3 is 1.94 bits per heavy atom. The van der Waals surface area contributed by atoms with Crippen molar-refractivity contribution in [2.24, 2.45) is 0 Å². The number of aliphatic hydroxyl groups is 4. The van der Waals surface area contributed by atoms with Crippen LogP contribution in [0, 0.1) is 0 Å². The predicted molar refractivity (Wildman–Crippen MR) is 123 cm³/mol. The van der Waals surface area contributed by atoms with Crippen molar-refractivity contribution in [1.82, 2.24) is 40.3 Å². The maximum Gasteiger partial charge on any atom is 0.155 e. The molecule has 0 spiro atoms. The van der Waals surface area contributed by atoms with Crippen LogP contribution in [0.25, 0.3) is 22.1 Å². The van der Waals surface area contributed by atoms with Crippen LogP contribution in [0.1, 0.15) is 36.4 Å². The highest BCUT2D eigenvalue weighted by atomic mass is 16.5. The molecule has 192 valence electrons. The molecule has 6 atom stereocenters. The average molecular weight is 502 g/mol. The number of anilines is 2. The molecule has 0 bridgehead atoms. The third kappa shape index (κ3) is 4.29. The number of rotatable bonds is 4. The number of ether oxygens (including phenoxy) is 2. The fourth-order valence-corrected chi connectivity index (χ4v) is 4.36. The minimum absolute atomic E-state index is 0.128. The summed E-state index contributed by atoms with van der Waals surface area (Å²) in [6, 6.07) is 0. The SMILES string of the molecule is Nc1ncnc2c(C3CC(O)C(CO)O3)[nH]nc12.Nc1ncnc2c(C3OC(CO)CC3O)[nH]nc12.